The molecule has 3 N–H and O–H groups in total. The summed E-state index contributed by atoms with van der Waals surface area (Å²) < 4.78 is 32.6. The summed E-state index contributed by atoms with van der Waals surface area (Å²) in [6.45, 7) is 0.248. The quantitative estimate of drug-likeness (QED) is 0.673. The molecule has 0 aromatic heterocycles. The molecule has 2 aromatic rings. The molecular formula is C19H22N2O6S. The number of carboxylic acids is 1. The van der Waals surface area contributed by atoms with Crippen LogP contribution in [0.2, 0.25) is 0 Å². The van der Waals surface area contributed by atoms with Crippen LogP contribution in [0.1, 0.15) is 18.4 Å². The molecule has 0 saturated carbocycles. The summed E-state index contributed by atoms with van der Waals surface area (Å²) in [5.74, 6) is 4.51. The monoisotopic (exact) mass is 406 g/mol. The fraction of sp³-hybridized carbons (Fsp3) is 0.316. The Morgan fingerprint density at radius 3 is 2.39 bits per heavy atom. The largest absolute Gasteiger partial charge is 0.489 e. The summed E-state index contributed by atoms with van der Waals surface area (Å²) in [5, 5.41) is 9.40. The Morgan fingerprint density at radius 2 is 1.79 bits per heavy atom. The number of hydrogen-bond donors (Lipinski definition) is 2. The second-order valence-electron chi connectivity index (χ2n) is 6.51. The maximum atomic E-state index is 13.0. The number of carboxylic acid groups (broad SMARTS) is 1. The lowest BCUT2D eigenvalue weighted by molar-refractivity contribution is -0.144. The van der Waals surface area contributed by atoms with Crippen LogP contribution < -0.4 is 10.6 Å². The van der Waals surface area contributed by atoms with Gasteiger partial charge in [-0.15, -0.1) is 0 Å². The molecule has 0 bridgehead atoms. The van der Waals surface area contributed by atoms with Gasteiger partial charge in [0.2, 0.25) is 10.0 Å². The lowest BCUT2D eigenvalue weighted by atomic mass is 10.0. The van der Waals surface area contributed by atoms with Crippen molar-refractivity contribution in [3.8, 4) is 5.75 Å². The van der Waals surface area contributed by atoms with Crippen molar-refractivity contribution in [3.63, 3.8) is 0 Å². The molecule has 2 atom stereocenters. The molecule has 9 heteroatoms. The van der Waals surface area contributed by atoms with E-state index in [9.17, 15) is 18.3 Å². The van der Waals surface area contributed by atoms with E-state index in [4.69, 9.17) is 15.5 Å². The average molecular weight is 406 g/mol. The molecule has 0 radical (unpaired) electrons. The lowest BCUT2D eigenvalue weighted by Crippen LogP contribution is -2.52. The number of carbonyl (C=O) groups is 1. The number of aliphatic carboxylic acids is 1. The Balaban J connectivity index is 1.76. The second kappa shape index (κ2) is 8.70. The number of nitrogens with two attached hydrogens (primary N) is 1. The Morgan fingerprint density at radius 1 is 1.11 bits per heavy atom. The molecule has 2 aromatic carbocycles. The summed E-state index contributed by atoms with van der Waals surface area (Å²) in [6.07, 6.45) is -0.0284. The van der Waals surface area contributed by atoms with Gasteiger partial charge in [-0.25, -0.2) is 14.3 Å². The molecule has 1 fully saturated rings. The van der Waals surface area contributed by atoms with Gasteiger partial charge < -0.3 is 9.84 Å². The minimum absolute atomic E-state index is 0.0107. The first kappa shape index (κ1) is 20.3. The predicted octanol–water partition coefficient (Wildman–Crippen LogP) is 1.76. The van der Waals surface area contributed by atoms with Crippen LogP contribution in [0.15, 0.2) is 59.5 Å². The number of piperidine rings is 1. The molecule has 1 saturated heterocycles. The van der Waals surface area contributed by atoms with Crippen LogP contribution >= 0.6 is 0 Å². The van der Waals surface area contributed by atoms with Gasteiger partial charge in [0.15, 0.2) is 0 Å². The van der Waals surface area contributed by atoms with Crippen LogP contribution in [0.5, 0.6) is 5.75 Å². The first-order valence-corrected chi connectivity index (χ1v) is 10.2. The van der Waals surface area contributed by atoms with E-state index < -0.39 is 28.1 Å². The number of nitrogens with zero attached hydrogens (tertiary/aromatic N) is 1. The summed E-state index contributed by atoms with van der Waals surface area (Å²) in [7, 11) is -4.02. The molecule has 1 heterocycles. The third kappa shape index (κ3) is 4.50. The molecule has 1 aliphatic heterocycles. The molecule has 0 amide bonds. The summed E-state index contributed by atoms with van der Waals surface area (Å²) in [4.78, 5) is 16.3. The highest BCUT2D eigenvalue weighted by molar-refractivity contribution is 7.89. The Hall–Kier alpha value is -2.46. The van der Waals surface area contributed by atoms with Crippen LogP contribution in [0.3, 0.4) is 0 Å². The lowest BCUT2D eigenvalue weighted by Gasteiger charge is -2.35. The van der Waals surface area contributed by atoms with Crippen molar-refractivity contribution in [1.82, 2.24) is 4.31 Å². The third-order valence-corrected chi connectivity index (χ3v) is 6.54. The van der Waals surface area contributed by atoms with E-state index in [0.29, 0.717) is 18.8 Å². The maximum absolute atomic E-state index is 13.0. The number of rotatable bonds is 7. The van der Waals surface area contributed by atoms with Crippen LogP contribution in [0.25, 0.3) is 0 Å². The highest BCUT2D eigenvalue weighted by Crippen LogP contribution is 2.27. The highest BCUT2D eigenvalue weighted by Gasteiger charge is 2.41. The average Bonchev–Trinajstić information content (AvgIpc) is 2.72. The van der Waals surface area contributed by atoms with E-state index in [2.05, 4.69) is 0 Å². The SMILES string of the molecule is NOC1CC[C@H](C(=O)O)N(S(=O)(=O)c2ccc(OCc3ccccc3)cc2)C1. The van der Waals surface area contributed by atoms with Gasteiger partial charge in [-0.3, -0.25) is 9.63 Å². The highest BCUT2D eigenvalue weighted by atomic mass is 32.2. The minimum Gasteiger partial charge on any atom is -0.489 e. The van der Waals surface area contributed by atoms with Gasteiger partial charge in [0.05, 0.1) is 11.0 Å². The van der Waals surface area contributed by atoms with Crippen molar-refractivity contribution in [2.24, 2.45) is 5.90 Å². The Bertz CT molecular complexity index is 902. The Labute approximate surface area is 163 Å². The van der Waals surface area contributed by atoms with Crippen molar-refractivity contribution in [1.29, 1.82) is 0 Å². The van der Waals surface area contributed by atoms with Crippen molar-refractivity contribution in [2.45, 2.75) is 36.5 Å². The van der Waals surface area contributed by atoms with E-state index in [-0.39, 0.29) is 17.9 Å². The molecule has 0 aliphatic carbocycles. The van der Waals surface area contributed by atoms with E-state index in [1.807, 2.05) is 30.3 Å². The first-order valence-electron chi connectivity index (χ1n) is 8.79. The molecule has 8 nitrogen and oxygen atoms in total. The van der Waals surface area contributed by atoms with Gasteiger partial charge in [-0.2, -0.15) is 4.31 Å². The third-order valence-electron chi connectivity index (χ3n) is 4.65. The van der Waals surface area contributed by atoms with E-state index in [1.165, 1.54) is 12.1 Å². The molecule has 0 spiro atoms. The first-order chi connectivity index (χ1) is 13.4. The van der Waals surface area contributed by atoms with Crippen LogP contribution in [0.4, 0.5) is 0 Å². The van der Waals surface area contributed by atoms with Crippen LogP contribution in [-0.2, 0) is 26.3 Å². The molecule has 1 aliphatic rings. The van der Waals surface area contributed by atoms with Crippen molar-refractivity contribution < 1.29 is 27.9 Å². The van der Waals surface area contributed by atoms with Crippen molar-refractivity contribution in [3.05, 3.63) is 60.2 Å². The molecule has 28 heavy (non-hydrogen) atoms. The predicted molar refractivity (Wildman–Crippen MR) is 101 cm³/mol. The summed E-state index contributed by atoms with van der Waals surface area (Å²) >= 11 is 0. The van der Waals surface area contributed by atoms with E-state index in [1.54, 1.807) is 12.1 Å². The zero-order valence-corrected chi connectivity index (χ0v) is 15.9. The van der Waals surface area contributed by atoms with Crippen LogP contribution in [-0.4, -0.2) is 42.5 Å². The molecule has 150 valence electrons. The van der Waals surface area contributed by atoms with Crippen LogP contribution in [0, 0.1) is 0 Å². The van der Waals surface area contributed by atoms with Gasteiger partial charge >= 0.3 is 5.97 Å². The zero-order valence-electron chi connectivity index (χ0n) is 15.1. The summed E-state index contributed by atoms with van der Waals surface area (Å²) in [6, 6.07) is 14.3. The molecular weight excluding hydrogens is 384 g/mol. The minimum atomic E-state index is -4.02. The molecule has 3 rings (SSSR count). The van der Waals surface area contributed by atoms with E-state index >= 15 is 0 Å². The zero-order chi connectivity index (χ0) is 20.1. The van der Waals surface area contributed by atoms with Gasteiger partial charge in [0.1, 0.15) is 18.4 Å². The van der Waals surface area contributed by atoms with Gasteiger partial charge in [0.25, 0.3) is 0 Å². The fourth-order valence-electron chi connectivity index (χ4n) is 3.11. The van der Waals surface area contributed by atoms with Gasteiger partial charge in [-0.1, -0.05) is 30.3 Å². The van der Waals surface area contributed by atoms with Crippen molar-refractivity contribution in [2.75, 3.05) is 6.54 Å². The van der Waals surface area contributed by atoms with Gasteiger partial charge in [0, 0.05) is 6.54 Å². The summed E-state index contributed by atoms with van der Waals surface area (Å²) in [5.41, 5.74) is 0.990. The maximum Gasteiger partial charge on any atom is 0.322 e. The molecule has 1 unspecified atom stereocenters. The standard InChI is InChI=1S/C19H22N2O6S/c20-27-16-8-11-18(19(22)23)21(12-16)28(24,25)17-9-6-15(7-10-17)26-13-14-4-2-1-3-5-14/h1-7,9-10,16,18H,8,11-13,20H2,(H,22,23)/t16?,18-/m1/s1. The van der Waals surface area contributed by atoms with E-state index in [0.717, 1.165) is 9.87 Å². The normalized spacial score (nSPS) is 20.6. The number of benzene rings is 2. The Kier molecular flexibility index (Phi) is 6.30. The topological polar surface area (TPSA) is 119 Å². The second-order valence-corrected chi connectivity index (χ2v) is 8.40. The number of ether oxygens (including phenoxy) is 1. The number of hydrogen-bond acceptors (Lipinski definition) is 6. The number of sulfonamides is 1. The van der Waals surface area contributed by atoms with Crippen molar-refractivity contribution >= 4 is 16.0 Å². The smallest absolute Gasteiger partial charge is 0.322 e. The fourth-order valence-corrected chi connectivity index (χ4v) is 4.76. The van der Waals surface area contributed by atoms with Gasteiger partial charge in [-0.05, 0) is 42.7 Å².